The van der Waals surface area contributed by atoms with Crippen molar-refractivity contribution in [2.75, 3.05) is 32.7 Å². The summed E-state index contributed by atoms with van der Waals surface area (Å²) in [6.45, 7) is 5.35. The number of hydrogen-bond donors (Lipinski definition) is 2. The van der Waals surface area contributed by atoms with Gasteiger partial charge in [-0.1, -0.05) is 60.7 Å². The van der Waals surface area contributed by atoms with E-state index in [0.29, 0.717) is 19.6 Å². The summed E-state index contributed by atoms with van der Waals surface area (Å²) in [5.74, 6) is 0.0935. The van der Waals surface area contributed by atoms with E-state index >= 15 is 0 Å². The Labute approximate surface area is 168 Å². The molecule has 2 aromatic carbocycles. The second-order valence-electron chi connectivity index (χ2n) is 7.61. The highest BCUT2D eigenvalue weighted by Gasteiger charge is 2.22. The Morgan fingerprint density at radius 2 is 1.75 bits per heavy atom. The van der Waals surface area contributed by atoms with Gasteiger partial charge in [-0.3, -0.25) is 14.6 Å². The Balaban J connectivity index is 1.48. The Hall–Kier alpha value is -2.21. The molecule has 5 nitrogen and oxygen atoms in total. The highest BCUT2D eigenvalue weighted by Crippen LogP contribution is 2.14. The first-order valence-electron chi connectivity index (χ1n) is 10.2. The molecule has 1 amide bonds. The molecule has 3 rings (SSSR count). The van der Waals surface area contributed by atoms with Gasteiger partial charge in [0.05, 0.1) is 6.54 Å². The molecule has 1 aliphatic rings. The molecule has 1 saturated heterocycles. The predicted molar refractivity (Wildman–Crippen MR) is 114 cm³/mol. The fourth-order valence-corrected chi connectivity index (χ4v) is 3.87. The summed E-state index contributed by atoms with van der Waals surface area (Å²) >= 11 is 0. The summed E-state index contributed by atoms with van der Waals surface area (Å²) in [5.41, 5.74) is 8.28. The van der Waals surface area contributed by atoms with E-state index in [2.05, 4.69) is 51.5 Å². The number of nitrogens with one attached hydrogen (secondary N) is 1. The first-order chi connectivity index (χ1) is 13.7. The maximum absolute atomic E-state index is 12.6. The molecule has 0 aromatic heterocycles. The molecule has 0 radical (unpaired) electrons. The third-order valence-corrected chi connectivity index (χ3v) is 5.18. The van der Waals surface area contributed by atoms with Crippen molar-refractivity contribution in [1.29, 1.82) is 0 Å². The minimum absolute atomic E-state index is 0.0935. The van der Waals surface area contributed by atoms with Crippen molar-refractivity contribution < 1.29 is 4.79 Å². The molecular weight excluding hydrogens is 348 g/mol. The van der Waals surface area contributed by atoms with Gasteiger partial charge in [0.2, 0.25) is 5.91 Å². The number of carbonyl (C=O) groups excluding carboxylic acids is 1. The Kier molecular flexibility index (Phi) is 8.03. The summed E-state index contributed by atoms with van der Waals surface area (Å²) in [5, 5.41) is 3.25. The standard InChI is InChI=1S/C23H32N4O/c24-13-15-27(17-21-10-5-2-6-11-21)19-23(28)25-22-12-7-14-26(18-22)16-20-8-3-1-4-9-20/h1-6,8-11,22H,7,12-19,24H2,(H,25,28). The largest absolute Gasteiger partial charge is 0.351 e. The maximum atomic E-state index is 12.6. The lowest BCUT2D eigenvalue weighted by Gasteiger charge is -2.33. The second kappa shape index (κ2) is 11.0. The number of nitrogens with zero attached hydrogens (tertiary/aromatic N) is 2. The molecule has 150 valence electrons. The number of likely N-dealkylation sites (tertiary alicyclic amines) is 1. The molecule has 0 spiro atoms. The van der Waals surface area contributed by atoms with Crippen molar-refractivity contribution in [3.05, 3.63) is 71.8 Å². The molecule has 1 unspecified atom stereocenters. The smallest absolute Gasteiger partial charge is 0.234 e. The molecule has 0 bridgehead atoms. The van der Waals surface area contributed by atoms with E-state index < -0.39 is 0 Å². The summed E-state index contributed by atoms with van der Waals surface area (Å²) in [4.78, 5) is 17.2. The van der Waals surface area contributed by atoms with E-state index in [1.807, 2.05) is 24.3 Å². The molecule has 1 aliphatic heterocycles. The fraction of sp³-hybridized carbons (Fsp3) is 0.435. The van der Waals surface area contributed by atoms with Crippen LogP contribution in [0, 0.1) is 0 Å². The number of amides is 1. The first-order valence-corrected chi connectivity index (χ1v) is 10.2. The van der Waals surface area contributed by atoms with Crippen LogP contribution in [-0.4, -0.2) is 54.5 Å². The topological polar surface area (TPSA) is 61.6 Å². The summed E-state index contributed by atoms with van der Waals surface area (Å²) in [6, 6.07) is 21.0. The summed E-state index contributed by atoms with van der Waals surface area (Å²) in [7, 11) is 0. The molecular formula is C23H32N4O. The molecule has 1 atom stereocenters. The van der Waals surface area contributed by atoms with Crippen LogP contribution >= 0.6 is 0 Å². The minimum atomic E-state index is 0.0935. The number of rotatable bonds is 9. The van der Waals surface area contributed by atoms with Crippen molar-refractivity contribution in [3.63, 3.8) is 0 Å². The zero-order valence-corrected chi connectivity index (χ0v) is 16.6. The van der Waals surface area contributed by atoms with Crippen LogP contribution < -0.4 is 11.1 Å². The van der Waals surface area contributed by atoms with Gasteiger partial charge in [0.15, 0.2) is 0 Å². The van der Waals surface area contributed by atoms with E-state index in [1.54, 1.807) is 0 Å². The van der Waals surface area contributed by atoms with Crippen LogP contribution in [0.3, 0.4) is 0 Å². The van der Waals surface area contributed by atoms with Crippen molar-refractivity contribution in [2.24, 2.45) is 5.73 Å². The quantitative estimate of drug-likeness (QED) is 0.700. The molecule has 0 saturated carbocycles. The number of piperidine rings is 1. The van der Waals surface area contributed by atoms with Gasteiger partial charge in [0, 0.05) is 38.8 Å². The summed E-state index contributed by atoms with van der Waals surface area (Å²) < 4.78 is 0. The van der Waals surface area contributed by atoms with Gasteiger partial charge < -0.3 is 11.1 Å². The van der Waals surface area contributed by atoms with E-state index in [0.717, 1.165) is 39.0 Å². The maximum Gasteiger partial charge on any atom is 0.234 e. The van der Waals surface area contributed by atoms with E-state index in [-0.39, 0.29) is 11.9 Å². The van der Waals surface area contributed by atoms with Crippen LogP contribution in [0.2, 0.25) is 0 Å². The van der Waals surface area contributed by atoms with Gasteiger partial charge in [0.1, 0.15) is 0 Å². The predicted octanol–water partition coefficient (Wildman–Crippen LogP) is 2.23. The van der Waals surface area contributed by atoms with Gasteiger partial charge in [-0.2, -0.15) is 0 Å². The number of hydrogen-bond acceptors (Lipinski definition) is 4. The highest BCUT2D eigenvalue weighted by molar-refractivity contribution is 5.78. The van der Waals surface area contributed by atoms with Crippen LogP contribution in [-0.2, 0) is 17.9 Å². The lowest BCUT2D eigenvalue weighted by Crippen LogP contribution is -2.50. The third-order valence-electron chi connectivity index (χ3n) is 5.18. The zero-order chi connectivity index (χ0) is 19.6. The van der Waals surface area contributed by atoms with E-state index in [4.69, 9.17) is 5.73 Å². The molecule has 2 aromatic rings. The number of benzene rings is 2. The third kappa shape index (κ3) is 6.75. The Bertz CT molecular complexity index is 707. The van der Waals surface area contributed by atoms with Crippen molar-refractivity contribution in [3.8, 4) is 0 Å². The van der Waals surface area contributed by atoms with Gasteiger partial charge >= 0.3 is 0 Å². The molecule has 1 heterocycles. The van der Waals surface area contributed by atoms with Crippen LogP contribution in [0.25, 0.3) is 0 Å². The molecule has 3 N–H and O–H groups in total. The van der Waals surface area contributed by atoms with Gasteiger partial charge in [-0.05, 0) is 30.5 Å². The number of carbonyl (C=O) groups is 1. The van der Waals surface area contributed by atoms with Gasteiger partial charge in [-0.25, -0.2) is 0 Å². The lowest BCUT2D eigenvalue weighted by molar-refractivity contribution is -0.123. The Morgan fingerprint density at radius 1 is 1.07 bits per heavy atom. The van der Waals surface area contributed by atoms with Crippen LogP contribution in [0.1, 0.15) is 24.0 Å². The highest BCUT2D eigenvalue weighted by atomic mass is 16.2. The van der Waals surface area contributed by atoms with E-state index in [9.17, 15) is 4.79 Å². The molecule has 1 fully saturated rings. The van der Waals surface area contributed by atoms with Crippen LogP contribution in [0.4, 0.5) is 0 Å². The van der Waals surface area contributed by atoms with Gasteiger partial charge in [-0.15, -0.1) is 0 Å². The summed E-state index contributed by atoms with van der Waals surface area (Å²) in [6.07, 6.45) is 2.17. The van der Waals surface area contributed by atoms with Crippen molar-refractivity contribution in [1.82, 2.24) is 15.1 Å². The average Bonchev–Trinajstić information content (AvgIpc) is 2.70. The first kappa shape index (κ1) is 20.5. The lowest BCUT2D eigenvalue weighted by atomic mass is 10.0. The number of nitrogens with two attached hydrogens (primary N) is 1. The normalized spacial score (nSPS) is 17.6. The van der Waals surface area contributed by atoms with Crippen LogP contribution in [0.15, 0.2) is 60.7 Å². The van der Waals surface area contributed by atoms with E-state index in [1.165, 1.54) is 11.1 Å². The van der Waals surface area contributed by atoms with Crippen LogP contribution in [0.5, 0.6) is 0 Å². The molecule has 28 heavy (non-hydrogen) atoms. The molecule has 5 heteroatoms. The minimum Gasteiger partial charge on any atom is -0.351 e. The Morgan fingerprint density at radius 3 is 2.43 bits per heavy atom. The SMILES string of the molecule is NCCN(CC(=O)NC1CCCN(Cc2ccccc2)C1)Cc1ccccc1. The van der Waals surface area contributed by atoms with Crippen molar-refractivity contribution in [2.45, 2.75) is 32.0 Å². The zero-order valence-electron chi connectivity index (χ0n) is 16.6. The fourth-order valence-electron chi connectivity index (χ4n) is 3.87. The van der Waals surface area contributed by atoms with Crippen molar-refractivity contribution >= 4 is 5.91 Å². The monoisotopic (exact) mass is 380 g/mol. The average molecular weight is 381 g/mol. The second-order valence-corrected chi connectivity index (χ2v) is 7.61. The van der Waals surface area contributed by atoms with Gasteiger partial charge in [0.25, 0.3) is 0 Å². The molecule has 0 aliphatic carbocycles.